The van der Waals surface area contributed by atoms with Crippen LogP contribution in [0.1, 0.15) is 65.8 Å². The van der Waals surface area contributed by atoms with Crippen molar-refractivity contribution in [3.8, 4) is 5.75 Å². The molecule has 1 aliphatic rings. The van der Waals surface area contributed by atoms with E-state index in [-0.39, 0.29) is 17.2 Å². The lowest BCUT2D eigenvalue weighted by atomic mass is 10.1. The van der Waals surface area contributed by atoms with E-state index < -0.39 is 5.97 Å². The summed E-state index contributed by atoms with van der Waals surface area (Å²) in [5, 5.41) is 12.5. The lowest BCUT2D eigenvalue weighted by molar-refractivity contribution is 0.0697. The second kappa shape index (κ2) is 15.5. The number of likely N-dealkylation sites (tertiary alicyclic amines) is 1. The minimum Gasteiger partial charge on any atom is -0.494 e. The zero-order chi connectivity index (χ0) is 27.3. The van der Waals surface area contributed by atoms with Gasteiger partial charge in [-0.2, -0.15) is 0 Å². The molecule has 1 fully saturated rings. The van der Waals surface area contributed by atoms with Gasteiger partial charge in [-0.3, -0.25) is 4.79 Å². The van der Waals surface area contributed by atoms with Crippen LogP contribution < -0.4 is 10.1 Å². The molecule has 38 heavy (non-hydrogen) atoms. The van der Waals surface area contributed by atoms with Crippen LogP contribution in [0.5, 0.6) is 5.75 Å². The van der Waals surface area contributed by atoms with Crippen LogP contribution in [0, 0.1) is 0 Å². The summed E-state index contributed by atoms with van der Waals surface area (Å²) in [7, 11) is 2.08. The number of likely N-dealkylation sites (N-methyl/N-ethyl adjacent to an activating group) is 2. The molecule has 2 aromatic rings. The zero-order valence-electron chi connectivity index (χ0n) is 23.2. The van der Waals surface area contributed by atoms with Gasteiger partial charge < -0.3 is 29.9 Å². The second-order valence-electron chi connectivity index (χ2n) is 10.0. The summed E-state index contributed by atoms with van der Waals surface area (Å²) in [6, 6.07) is 12.3. The summed E-state index contributed by atoms with van der Waals surface area (Å²) < 4.78 is 5.82. The fourth-order valence-electron chi connectivity index (χ4n) is 4.81. The number of nitrogens with one attached hydrogen (secondary N) is 1. The molecule has 1 aliphatic heterocycles. The summed E-state index contributed by atoms with van der Waals surface area (Å²) in [5.41, 5.74) is 1.80. The van der Waals surface area contributed by atoms with Crippen LogP contribution in [0.3, 0.4) is 0 Å². The first-order valence-corrected chi connectivity index (χ1v) is 13.9. The quantitative estimate of drug-likeness (QED) is 0.328. The Labute approximate surface area is 227 Å². The summed E-state index contributed by atoms with van der Waals surface area (Å²) in [4.78, 5) is 32.0. The van der Waals surface area contributed by atoms with Gasteiger partial charge in [-0.1, -0.05) is 32.4 Å². The molecule has 8 heteroatoms. The Morgan fingerprint density at radius 2 is 1.79 bits per heavy atom. The molecule has 0 aromatic heterocycles. The highest BCUT2D eigenvalue weighted by Crippen LogP contribution is 2.24. The standard InChI is InChI=1S/C30H44N4O4/c1-4-33(5-2)19-18-32(3)23-24-11-9-12-25(21-24)29(35)31-28-14-13-26(22-27(28)30(36)37)38-20-10-17-34-15-7-6-8-16-34/h9,11-14,21-22H,4-8,10,15-20,23H2,1-3H3,(H,31,35)(H,36,37). The van der Waals surface area contributed by atoms with Crippen molar-refractivity contribution in [1.82, 2.24) is 14.7 Å². The Bertz CT molecular complexity index is 1030. The van der Waals surface area contributed by atoms with Gasteiger partial charge in [-0.05, 0) is 88.4 Å². The summed E-state index contributed by atoms with van der Waals surface area (Å²) in [6.07, 6.45) is 4.72. The average Bonchev–Trinajstić information content (AvgIpc) is 2.93. The molecule has 2 N–H and O–H groups in total. The SMILES string of the molecule is CCN(CC)CCN(C)Cc1cccc(C(=O)Nc2ccc(OCCCN3CCCCC3)cc2C(=O)O)c1. The van der Waals surface area contributed by atoms with Crippen molar-refractivity contribution in [3.05, 3.63) is 59.2 Å². The number of benzene rings is 2. The molecule has 8 nitrogen and oxygen atoms in total. The maximum Gasteiger partial charge on any atom is 0.337 e. The number of carbonyl (C=O) groups is 2. The molecule has 0 spiro atoms. The van der Waals surface area contributed by atoms with Crippen molar-refractivity contribution in [1.29, 1.82) is 0 Å². The van der Waals surface area contributed by atoms with Crippen LogP contribution in [0.2, 0.25) is 0 Å². The summed E-state index contributed by atoms with van der Waals surface area (Å²) in [6.45, 7) is 12.9. The van der Waals surface area contributed by atoms with Crippen LogP contribution >= 0.6 is 0 Å². The van der Waals surface area contributed by atoms with E-state index in [2.05, 4.69) is 40.9 Å². The van der Waals surface area contributed by atoms with Crippen molar-refractivity contribution in [3.63, 3.8) is 0 Å². The number of carboxylic acids is 1. The van der Waals surface area contributed by atoms with E-state index in [1.54, 1.807) is 18.2 Å². The van der Waals surface area contributed by atoms with Gasteiger partial charge >= 0.3 is 5.97 Å². The minimum absolute atomic E-state index is 0.0131. The van der Waals surface area contributed by atoms with Crippen LogP contribution in [-0.2, 0) is 6.54 Å². The van der Waals surface area contributed by atoms with Crippen molar-refractivity contribution >= 4 is 17.6 Å². The van der Waals surface area contributed by atoms with Crippen molar-refractivity contribution in [2.45, 2.75) is 46.1 Å². The topological polar surface area (TPSA) is 85.4 Å². The number of carboxylic acid groups (broad SMARTS) is 1. The molecule has 1 saturated heterocycles. The van der Waals surface area contributed by atoms with Gasteiger partial charge in [0.25, 0.3) is 5.91 Å². The Morgan fingerprint density at radius 3 is 2.50 bits per heavy atom. The number of ether oxygens (including phenoxy) is 1. The van der Waals surface area contributed by atoms with E-state index in [1.165, 1.54) is 25.3 Å². The van der Waals surface area contributed by atoms with Gasteiger partial charge in [-0.15, -0.1) is 0 Å². The van der Waals surface area contributed by atoms with Gasteiger partial charge in [0.1, 0.15) is 5.75 Å². The molecular weight excluding hydrogens is 480 g/mol. The molecule has 1 heterocycles. The first-order valence-electron chi connectivity index (χ1n) is 13.9. The molecular formula is C30H44N4O4. The fourth-order valence-corrected chi connectivity index (χ4v) is 4.81. The van der Waals surface area contributed by atoms with Crippen molar-refractivity contribution in [2.24, 2.45) is 0 Å². The van der Waals surface area contributed by atoms with Gasteiger partial charge in [0.2, 0.25) is 0 Å². The maximum atomic E-state index is 13.0. The number of nitrogens with zero attached hydrogens (tertiary/aromatic N) is 3. The van der Waals surface area contributed by atoms with E-state index in [9.17, 15) is 14.7 Å². The van der Waals surface area contributed by atoms with Crippen molar-refractivity contribution in [2.75, 3.05) is 64.8 Å². The van der Waals surface area contributed by atoms with Gasteiger partial charge in [0.15, 0.2) is 0 Å². The van der Waals surface area contributed by atoms with E-state index >= 15 is 0 Å². The Kier molecular flexibility index (Phi) is 12.1. The van der Waals surface area contributed by atoms with E-state index in [0.29, 0.717) is 17.9 Å². The number of hydrogen-bond donors (Lipinski definition) is 2. The average molecular weight is 525 g/mol. The molecule has 208 valence electrons. The summed E-state index contributed by atoms with van der Waals surface area (Å²) in [5.74, 6) is -0.952. The molecule has 3 rings (SSSR count). The third-order valence-corrected chi connectivity index (χ3v) is 7.14. The largest absolute Gasteiger partial charge is 0.494 e. The monoisotopic (exact) mass is 524 g/mol. The van der Waals surface area contributed by atoms with E-state index in [1.807, 2.05) is 18.2 Å². The number of piperidine rings is 1. The van der Waals surface area contributed by atoms with Gasteiger partial charge in [-0.25, -0.2) is 4.79 Å². The van der Waals surface area contributed by atoms with Crippen LogP contribution in [0.15, 0.2) is 42.5 Å². The van der Waals surface area contributed by atoms with Crippen LogP contribution in [-0.4, -0.2) is 91.2 Å². The normalized spacial score (nSPS) is 14.1. The lowest BCUT2D eigenvalue weighted by Gasteiger charge is -2.26. The first kappa shape index (κ1) is 29.6. The highest BCUT2D eigenvalue weighted by Gasteiger charge is 2.16. The third-order valence-electron chi connectivity index (χ3n) is 7.14. The predicted molar refractivity (Wildman–Crippen MR) is 152 cm³/mol. The molecule has 0 bridgehead atoms. The Morgan fingerprint density at radius 1 is 1.03 bits per heavy atom. The van der Waals surface area contributed by atoms with Gasteiger partial charge in [0.05, 0.1) is 17.9 Å². The number of rotatable bonds is 15. The highest BCUT2D eigenvalue weighted by molar-refractivity contribution is 6.07. The number of amides is 1. The predicted octanol–water partition coefficient (Wildman–Crippen LogP) is 4.67. The molecule has 2 aromatic carbocycles. The Hall–Kier alpha value is -2.94. The first-order chi connectivity index (χ1) is 18.4. The van der Waals surface area contributed by atoms with Crippen LogP contribution in [0.25, 0.3) is 0 Å². The number of hydrogen-bond acceptors (Lipinski definition) is 6. The third kappa shape index (κ3) is 9.42. The molecule has 0 saturated carbocycles. The molecule has 0 aliphatic carbocycles. The number of carbonyl (C=O) groups excluding carboxylic acids is 1. The molecule has 0 atom stereocenters. The number of aromatic carboxylic acids is 1. The fraction of sp³-hybridized carbons (Fsp3) is 0.533. The minimum atomic E-state index is -1.11. The zero-order valence-corrected chi connectivity index (χ0v) is 23.2. The van der Waals surface area contributed by atoms with Crippen molar-refractivity contribution < 1.29 is 19.4 Å². The lowest BCUT2D eigenvalue weighted by Crippen LogP contribution is -2.32. The van der Waals surface area contributed by atoms with E-state index in [4.69, 9.17) is 4.74 Å². The maximum absolute atomic E-state index is 13.0. The number of anilines is 1. The van der Waals surface area contributed by atoms with Gasteiger partial charge in [0, 0.05) is 31.7 Å². The summed E-state index contributed by atoms with van der Waals surface area (Å²) >= 11 is 0. The molecule has 0 unspecified atom stereocenters. The highest BCUT2D eigenvalue weighted by atomic mass is 16.5. The smallest absolute Gasteiger partial charge is 0.337 e. The second-order valence-corrected chi connectivity index (χ2v) is 10.0. The molecule has 1 amide bonds. The van der Waals surface area contributed by atoms with Crippen LogP contribution in [0.4, 0.5) is 5.69 Å². The van der Waals surface area contributed by atoms with E-state index in [0.717, 1.165) is 64.3 Å². The Balaban J connectivity index is 1.56. The molecule has 0 radical (unpaired) electrons.